The molecule has 1 amide bonds. The van der Waals surface area contributed by atoms with Gasteiger partial charge in [-0.1, -0.05) is 41.9 Å². The summed E-state index contributed by atoms with van der Waals surface area (Å²) in [4.78, 5) is 21.3. The molecule has 3 aromatic rings. The molecule has 0 aliphatic heterocycles. The largest absolute Gasteiger partial charge is 0.339 e. The summed E-state index contributed by atoms with van der Waals surface area (Å²) >= 11 is 6.17. The van der Waals surface area contributed by atoms with Gasteiger partial charge in [0.05, 0.1) is 10.7 Å². The molecule has 3 rings (SSSR count). The average molecular weight is 367 g/mol. The normalized spacial score (nSPS) is 10.5. The third-order valence-corrected chi connectivity index (χ3v) is 4.26. The molecule has 0 radical (unpaired) electrons. The van der Waals surface area contributed by atoms with Crippen LogP contribution >= 0.6 is 11.6 Å². The number of aromatic nitrogens is 2. The van der Waals surface area contributed by atoms with E-state index in [0.29, 0.717) is 22.4 Å². The minimum Gasteiger partial charge on any atom is -0.339 e. The van der Waals surface area contributed by atoms with Crippen molar-refractivity contribution in [1.82, 2.24) is 9.97 Å². The zero-order chi connectivity index (χ0) is 18.7. The van der Waals surface area contributed by atoms with Gasteiger partial charge in [-0.25, -0.2) is 9.97 Å². The predicted molar refractivity (Wildman–Crippen MR) is 105 cm³/mol. The van der Waals surface area contributed by atoms with Gasteiger partial charge in [0.2, 0.25) is 0 Å². The Morgan fingerprint density at radius 3 is 2.35 bits per heavy atom. The lowest BCUT2D eigenvalue weighted by molar-refractivity contribution is 0.102. The quantitative estimate of drug-likeness (QED) is 0.678. The lowest BCUT2D eigenvalue weighted by atomic mass is 10.1. The first-order valence-corrected chi connectivity index (χ1v) is 8.56. The second kappa shape index (κ2) is 7.54. The van der Waals surface area contributed by atoms with Crippen LogP contribution < -0.4 is 10.6 Å². The van der Waals surface area contributed by atoms with Crippen LogP contribution in [0.15, 0.2) is 48.5 Å². The number of nitrogens with one attached hydrogen (secondary N) is 2. The van der Waals surface area contributed by atoms with Gasteiger partial charge in [-0.05, 0) is 44.0 Å². The van der Waals surface area contributed by atoms with Gasteiger partial charge in [-0.2, -0.15) is 0 Å². The lowest BCUT2D eigenvalue weighted by Gasteiger charge is -2.12. The van der Waals surface area contributed by atoms with E-state index in [1.807, 2.05) is 50.2 Å². The number of hydrogen-bond donors (Lipinski definition) is 2. The Balaban J connectivity index is 1.87. The van der Waals surface area contributed by atoms with Crippen LogP contribution in [0.3, 0.4) is 0 Å². The number of para-hydroxylation sites is 2. The highest BCUT2D eigenvalue weighted by Gasteiger charge is 2.13. The molecular formula is C20H19ClN4O. The third-order valence-electron chi connectivity index (χ3n) is 3.93. The number of benzene rings is 2. The number of carbonyl (C=O) groups is 1. The monoisotopic (exact) mass is 366 g/mol. The van der Waals surface area contributed by atoms with Crippen LogP contribution in [0, 0.1) is 20.8 Å². The van der Waals surface area contributed by atoms with E-state index < -0.39 is 0 Å². The topological polar surface area (TPSA) is 66.9 Å². The number of hydrogen-bond acceptors (Lipinski definition) is 4. The number of amides is 1. The van der Waals surface area contributed by atoms with Gasteiger partial charge < -0.3 is 10.6 Å². The summed E-state index contributed by atoms with van der Waals surface area (Å²) in [5, 5.41) is 6.65. The van der Waals surface area contributed by atoms with Crippen molar-refractivity contribution < 1.29 is 4.79 Å². The summed E-state index contributed by atoms with van der Waals surface area (Å²) in [5.41, 5.74) is 3.80. The van der Waals surface area contributed by atoms with Gasteiger partial charge >= 0.3 is 0 Å². The molecule has 0 aliphatic rings. The first kappa shape index (κ1) is 17.9. The molecule has 132 valence electrons. The van der Waals surface area contributed by atoms with Crippen molar-refractivity contribution in [3.05, 3.63) is 76.2 Å². The fourth-order valence-corrected chi connectivity index (χ4v) is 2.82. The third kappa shape index (κ3) is 4.00. The van der Waals surface area contributed by atoms with Crippen LogP contribution in [-0.4, -0.2) is 15.9 Å². The highest BCUT2D eigenvalue weighted by Crippen LogP contribution is 2.25. The summed E-state index contributed by atoms with van der Waals surface area (Å²) in [6.07, 6.45) is 0. The van der Waals surface area contributed by atoms with Crippen LogP contribution in [-0.2, 0) is 0 Å². The van der Waals surface area contributed by atoms with E-state index in [9.17, 15) is 4.79 Å². The van der Waals surface area contributed by atoms with Gasteiger partial charge in [0, 0.05) is 11.8 Å². The summed E-state index contributed by atoms with van der Waals surface area (Å²) in [6, 6.07) is 14.8. The van der Waals surface area contributed by atoms with Crippen LogP contribution in [0.2, 0.25) is 5.02 Å². The second-order valence-electron chi connectivity index (χ2n) is 6.01. The molecule has 5 nitrogen and oxygen atoms in total. The molecule has 0 saturated carbocycles. The maximum atomic E-state index is 12.7. The minimum absolute atomic E-state index is 0.282. The molecule has 0 spiro atoms. The van der Waals surface area contributed by atoms with Gasteiger partial charge in [0.15, 0.2) is 0 Å². The number of rotatable bonds is 4. The molecule has 1 heterocycles. The Bertz CT molecular complexity index is 952. The maximum absolute atomic E-state index is 12.7. The molecule has 0 saturated heterocycles. The van der Waals surface area contributed by atoms with Crippen molar-refractivity contribution in [2.24, 2.45) is 0 Å². The van der Waals surface area contributed by atoms with Gasteiger partial charge in [0.25, 0.3) is 5.91 Å². The minimum atomic E-state index is -0.282. The molecule has 2 N–H and O–H groups in total. The second-order valence-corrected chi connectivity index (χ2v) is 6.42. The van der Waals surface area contributed by atoms with E-state index >= 15 is 0 Å². The van der Waals surface area contributed by atoms with E-state index in [2.05, 4.69) is 20.6 Å². The van der Waals surface area contributed by atoms with Crippen molar-refractivity contribution in [2.45, 2.75) is 20.8 Å². The van der Waals surface area contributed by atoms with Crippen molar-refractivity contribution in [1.29, 1.82) is 0 Å². The standard InChI is InChI=1S/C20H19ClN4O/c1-12-7-6-8-13(2)19(12)25-20(26)17-11-18(23-14(3)22-17)24-16-10-5-4-9-15(16)21/h4-11H,1-3H3,(H,25,26)(H,22,23,24). The van der Waals surface area contributed by atoms with Crippen LogP contribution in [0.25, 0.3) is 0 Å². The number of aryl methyl sites for hydroxylation is 3. The maximum Gasteiger partial charge on any atom is 0.274 e. The molecule has 0 fully saturated rings. The molecule has 1 aromatic heterocycles. The molecule has 0 aliphatic carbocycles. The Morgan fingerprint density at radius 2 is 1.65 bits per heavy atom. The summed E-state index contributed by atoms with van der Waals surface area (Å²) in [5.74, 6) is 0.723. The molecule has 2 aromatic carbocycles. The van der Waals surface area contributed by atoms with E-state index in [1.54, 1.807) is 19.1 Å². The van der Waals surface area contributed by atoms with Gasteiger partial charge in [0.1, 0.15) is 17.3 Å². The molecule has 0 atom stereocenters. The number of anilines is 3. The van der Waals surface area contributed by atoms with Crippen molar-refractivity contribution >= 4 is 34.7 Å². The summed E-state index contributed by atoms with van der Waals surface area (Å²) in [7, 11) is 0. The van der Waals surface area contributed by atoms with Gasteiger partial charge in [-0.15, -0.1) is 0 Å². The predicted octanol–water partition coefficient (Wildman–Crippen LogP) is 5.05. The highest BCUT2D eigenvalue weighted by atomic mass is 35.5. The highest BCUT2D eigenvalue weighted by molar-refractivity contribution is 6.33. The first-order valence-electron chi connectivity index (χ1n) is 8.19. The molecule has 26 heavy (non-hydrogen) atoms. The zero-order valence-electron chi connectivity index (χ0n) is 14.8. The Labute approximate surface area is 157 Å². The van der Waals surface area contributed by atoms with Gasteiger partial charge in [-0.3, -0.25) is 4.79 Å². The fourth-order valence-electron chi connectivity index (χ4n) is 2.64. The van der Waals surface area contributed by atoms with E-state index in [-0.39, 0.29) is 11.6 Å². The summed E-state index contributed by atoms with van der Waals surface area (Å²) in [6.45, 7) is 5.66. The Morgan fingerprint density at radius 1 is 0.962 bits per heavy atom. The molecule has 6 heteroatoms. The van der Waals surface area contributed by atoms with E-state index in [0.717, 1.165) is 16.8 Å². The number of halogens is 1. The molecule has 0 bridgehead atoms. The van der Waals surface area contributed by atoms with Crippen molar-refractivity contribution in [2.75, 3.05) is 10.6 Å². The molecular weight excluding hydrogens is 348 g/mol. The van der Waals surface area contributed by atoms with Crippen LogP contribution in [0.4, 0.5) is 17.2 Å². The molecule has 0 unspecified atom stereocenters. The first-order chi connectivity index (χ1) is 12.4. The Kier molecular flexibility index (Phi) is 5.19. The van der Waals surface area contributed by atoms with Crippen LogP contribution in [0.1, 0.15) is 27.4 Å². The lowest BCUT2D eigenvalue weighted by Crippen LogP contribution is -2.16. The smallest absolute Gasteiger partial charge is 0.274 e. The number of nitrogens with zero attached hydrogens (tertiary/aromatic N) is 2. The average Bonchev–Trinajstić information content (AvgIpc) is 2.59. The van der Waals surface area contributed by atoms with Crippen molar-refractivity contribution in [3.63, 3.8) is 0 Å². The van der Waals surface area contributed by atoms with Crippen LogP contribution in [0.5, 0.6) is 0 Å². The van der Waals surface area contributed by atoms with E-state index in [1.165, 1.54) is 0 Å². The van der Waals surface area contributed by atoms with E-state index in [4.69, 9.17) is 11.6 Å². The number of carbonyl (C=O) groups excluding carboxylic acids is 1. The Hall–Kier alpha value is -2.92. The zero-order valence-corrected chi connectivity index (χ0v) is 15.6. The fraction of sp³-hybridized carbons (Fsp3) is 0.150. The van der Waals surface area contributed by atoms with Crippen molar-refractivity contribution in [3.8, 4) is 0 Å². The SMILES string of the molecule is Cc1nc(Nc2ccccc2Cl)cc(C(=O)Nc2c(C)cccc2C)n1. The summed E-state index contributed by atoms with van der Waals surface area (Å²) < 4.78 is 0.